The third kappa shape index (κ3) is 3.35. The minimum absolute atomic E-state index is 0.319. The van der Waals surface area contributed by atoms with E-state index in [1.807, 2.05) is 20.8 Å². The van der Waals surface area contributed by atoms with Crippen LogP contribution in [-0.4, -0.2) is 11.2 Å². The van der Waals surface area contributed by atoms with Gasteiger partial charge in [-0.05, 0) is 45.9 Å². The van der Waals surface area contributed by atoms with Crippen LogP contribution in [0.3, 0.4) is 0 Å². The number of aromatic nitrogens is 1. The van der Waals surface area contributed by atoms with E-state index in [0.717, 1.165) is 16.8 Å². The Labute approximate surface area is 144 Å². The molecule has 132 valence electrons. The molecule has 2 amide bonds. The third-order valence-corrected chi connectivity index (χ3v) is 4.28. The number of nitrogens with zero attached hydrogens (tertiary/aromatic N) is 1. The van der Waals surface area contributed by atoms with E-state index in [2.05, 4.69) is 15.8 Å². The van der Waals surface area contributed by atoms with Gasteiger partial charge in [0.15, 0.2) is 0 Å². The maximum absolute atomic E-state index is 13.4. The summed E-state index contributed by atoms with van der Waals surface area (Å²) in [5, 5.41) is 10.2. The van der Waals surface area contributed by atoms with E-state index in [1.165, 1.54) is 12.1 Å². The fraction of sp³-hybridized carbons (Fsp3) is 0.333. The van der Waals surface area contributed by atoms with Gasteiger partial charge in [-0.1, -0.05) is 5.16 Å². The summed E-state index contributed by atoms with van der Waals surface area (Å²) in [5.74, 6) is 0.967. The fourth-order valence-corrected chi connectivity index (χ4v) is 2.86. The van der Waals surface area contributed by atoms with Gasteiger partial charge in [0.05, 0.1) is 11.7 Å². The van der Waals surface area contributed by atoms with Crippen LogP contribution in [-0.2, 0) is 6.54 Å². The number of urea groups is 1. The smallest absolute Gasteiger partial charge is 0.315 e. The molecule has 1 atom stereocenters. The Morgan fingerprint density at radius 1 is 1.32 bits per heavy atom. The second-order valence-electron chi connectivity index (χ2n) is 6.08. The van der Waals surface area contributed by atoms with Crippen molar-refractivity contribution in [1.82, 2.24) is 15.8 Å². The Balaban J connectivity index is 1.68. The van der Waals surface area contributed by atoms with Crippen molar-refractivity contribution >= 4 is 17.0 Å². The average molecular weight is 345 g/mol. The highest BCUT2D eigenvalue weighted by molar-refractivity contribution is 5.82. The summed E-state index contributed by atoms with van der Waals surface area (Å²) in [5.41, 5.74) is 3.02. The number of carbonyl (C=O) groups is 1. The molecule has 7 heteroatoms. The topological polar surface area (TPSA) is 80.3 Å². The Morgan fingerprint density at radius 2 is 2.08 bits per heavy atom. The molecule has 1 aromatic carbocycles. The number of furan rings is 1. The normalized spacial score (nSPS) is 12.4. The first-order valence-corrected chi connectivity index (χ1v) is 8.01. The summed E-state index contributed by atoms with van der Waals surface area (Å²) in [7, 11) is 0. The molecule has 0 spiro atoms. The molecular weight excluding hydrogens is 325 g/mol. The number of hydrogen-bond donors (Lipinski definition) is 2. The molecule has 0 fully saturated rings. The van der Waals surface area contributed by atoms with Crippen molar-refractivity contribution in [1.29, 1.82) is 0 Å². The van der Waals surface area contributed by atoms with Crippen molar-refractivity contribution in [2.45, 2.75) is 40.3 Å². The number of carbonyl (C=O) groups excluding carboxylic acids is 1. The van der Waals surface area contributed by atoms with E-state index in [9.17, 15) is 9.18 Å². The first-order valence-electron chi connectivity index (χ1n) is 8.01. The largest absolute Gasteiger partial charge is 0.459 e. The maximum Gasteiger partial charge on any atom is 0.315 e. The molecule has 0 saturated heterocycles. The van der Waals surface area contributed by atoms with Crippen LogP contribution in [0.5, 0.6) is 0 Å². The Morgan fingerprint density at radius 3 is 2.76 bits per heavy atom. The van der Waals surface area contributed by atoms with Gasteiger partial charge in [0.25, 0.3) is 0 Å². The highest BCUT2D eigenvalue weighted by atomic mass is 19.1. The number of halogens is 1. The Kier molecular flexibility index (Phi) is 4.48. The third-order valence-electron chi connectivity index (χ3n) is 4.28. The van der Waals surface area contributed by atoms with E-state index in [1.54, 1.807) is 13.0 Å². The summed E-state index contributed by atoms with van der Waals surface area (Å²) in [6.07, 6.45) is 0. The molecule has 0 aliphatic carbocycles. The molecule has 3 rings (SSSR count). The number of hydrogen-bond acceptors (Lipinski definition) is 4. The lowest BCUT2D eigenvalue weighted by molar-refractivity contribution is 0.236. The van der Waals surface area contributed by atoms with Crippen molar-refractivity contribution in [3.05, 3.63) is 52.4 Å². The van der Waals surface area contributed by atoms with Gasteiger partial charge in [0, 0.05) is 23.1 Å². The van der Waals surface area contributed by atoms with Crippen molar-refractivity contribution < 1.29 is 18.1 Å². The predicted molar refractivity (Wildman–Crippen MR) is 90.7 cm³/mol. The summed E-state index contributed by atoms with van der Waals surface area (Å²) < 4.78 is 24.2. The van der Waals surface area contributed by atoms with Crippen molar-refractivity contribution in [2.75, 3.05) is 0 Å². The zero-order valence-electron chi connectivity index (χ0n) is 14.6. The summed E-state index contributed by atoms with van der Waals surface area (Å²) in [4.78, 5) is 12.2. The van der Waals surface area contributed by atoms with Crippen molar-refractivity contribution in [3.63, 3.8) is 0 Å². The monoisotopic (exact) mass is 345 g/mol. The minimum Gasteiger partial charge on any atom is -0.459 e. The molecule has 0 aliphatic rings. The van der Waals surface area contributed by atoms with E-state index in [0.29, 0.717) is 29.0 Å². The van der Waals surface area contributed by atoms with Crippen LogP contribution in [0, 0.1) is 26.6 Å². The lowest BCUT2D eigenvalue weighted by Crippen LogP contribution is -2.36. The number of amides is 2. The zero-order valence-corrected chi connectivity index (χ0v) is 14.6. The molecule has 0 bridgehead atoms. The van der Waals surface area contributed by atoms with Crippen LogP contribution in [0.15, 0.2) is 27.1 Å². The number of nitrogens with one attached hydrogen (secondary N) is 2. The molecule has 0 aliphatic heterocycles. The highest BCUT2D eigenvalue weighted by Crippen LogP contribution is 2.29. The van der Waals surface area contributed by atoms with E-state index in [4.69, 9.17) is 8.94 Å². The molecule has 0 saturated carbocycles. The number of fused-ring (bicyclic) bond motifs is 1. The first-order chi connectivity index (χ1) is 11.9. The van der Waals surface area contributed by atoms with E-state index >= 15 is 0 Å². The van der Waals surface area contributed by atoms with Gasteiger partial charge in [-0.2, -0.15) is 0 Å². The molecule has 1 unspecified atom stereocenters. The quantitative estimate of drug-likeness (QED) is 0.748. The van der Waals surface area contributed by atoms with Crippen LogP contribution in [0.25, 0.3) is 11.0 Å². The van der Waals surface area contributed by atoms with Gasteiger partial charge in [-0.3, -0.25) is 0 Å². The molecule has 2 aromatic heterocycles. The van der Waals surface area contributed by atoms with Crippen molar-refractivity contribution in [3.8, 4) is 0 Å². The Bertz CT molecular complexity index is 910. The van der Waals surface area contributed by atoms with Crippen LogP contribution in [0.4, 0.5) is 9.18 Å². The molecular formula is C18H20FN3O3. The van der Waals surface area contributed by atoms with E-state index in [-0.39, 0.29) is 17.9 Å². The van der Waals surface area contributed by atoms with Crippen LogP contribution in [0.2, 0.25) is 0 Å². The maximum atomic E-state index is 13.4. The van der Waals surface area contributed by atoms with Crippen LogP contribution >= 0.6 is 0 Å². The van der Waals surface area contributed by atoms with Gasteiger partial charge in [-0.25, -0.2) is 9.18 Å². The van der Waals surface area contributed by atoms with Crippen LogP contribution < -0.4 is 10.6 Å². The first kappa shape index (κ1) is 17.0. The Hall–Kier alpha value is -2.83. The highest BCUT2D eigenvalue weighted by Gasteiger charge is 2.19. The van der Waals surface area contributed by atoms with Gasteiger partial charge in [0.1, 0.15) is 22.9 Å². The van der Waals surface area contributed by atoms with E-state index < -0.39 is 0 Å². The molecule has 0 radical (unpaired) electrons. The summed E-state index contributed by atoms with van der Waals surface area (Å²) in [6, 6.07) is 3.68. The average Bonchev–Trinajstić information content (AvgIpc) is 3.06. The van der Waals surface area contributed by atoms with Crippen molar-refractivity contribution in [2.24, 2.45) is 0 Å². The second-order valence-corrected chi connectivity index (χ2v) is 6.08. The summed E-state index contributed by atoms with van der Waals surface area (Å²) in [6.45, 7) is 7.61. The molecule has 6 nitrogen and oxygen atoms in total. The summed E-state index contributed by atoms with van der Waals surface area (Å²) >= 11 is 0. The molecule has 25 heavy (non-hydrogen) atoms. The molecule has 2 N–H and O–H groups in total. The second kappa shape index (κ2) is 6.58. The predicted octanol–water partition coefficient (Wildman–Crippen LogP) is 4.05. The van der Waals surface area contributed by atoms with Gasteiger partial charge >= 0.3 is 6.03 Å². The number of aryl methyl sites for hydroxylation is 3. The molecule has 3 aromatic rings. The number of rotatable bonds is 4. The molecule has 2 heterocycles. The standard InChI is InChI=1S/C18H20FN3O3/c1-9-14-7-13(19)5-6-16(14)24-17(9)11(3)21-18(23)20-8-15-10(2)22-25-12(15)4/h5-7,11H,8H2,1-4H3,(H2,20,21,23). The van der Waals surface area contributed by atoms with Gasteiger partial charge in [-0.15, -0.1) is 0 Å². The van der Waals surface area contributed by atoms with Gasteiger partial charge < -0.3 is 19.6 Å². The lowest BCUT2D eigenvalue weighted by atomic mass is 10.1. The van der Waals surface area contributed by atoms with Crippen LogP contribution in [0.1, 0.15) is 41.3 Å². The SMILES string of the molecule is Cc1noc(C)c1CNC(=O)NC(C)c1oc2ccc(F)cc2c1C. The fourth-order valence-electron chi connectivity index (χ4n) is 2.86. The number of benzene rings is 1. The lowest BCUT2D eigenvalue weighted by Gasteiger charge is -2.13. The minimum atomic E-state index is -0.361. The zero-order chi connectivity index (χ0) is 18.1. The van der Waals surface area contributed by atoms with Gasteiger partial charge in [0.2, 0.25) is 0 Å².